The minimum absolute atomic E-state index is 0.0835. The number of aryl methyl sites for hydroxylation is 1. The molecular weight excluding hydrogens is 420 g/mol. The van der Waals surface area contributed by atoms with E-state index in [9.17, 15) is 14.4 Å². The van der Waals surface area contributed by atoms with Gasteiger partial charge in [-0.25, -0.2) is 4.79 Å². The number of rotatable bonds is 6. The lowest BCUT2D eigenvalue weighted by molar-refractivity contribution is -0.113. The van der Waals surface area contributed by atoms with Crippen LogP contribution < -0.4 is 21.9 Å². The SMILES string of the molecule is CCc1oc2ccccc2c1C=CC(=O)N(C)c1c(N)n(Cc2ccccc2)c(=O)[nH]c1=O. The number of para-hydroxylation sites is 1. The number of carbonyl (C=O) groups is 1. The van der Waals surface area contributed by atoms with Gasteiger partial charge in [0.25, 0.3) is 11.5 Å². The minimum atomic E-state index is -0.728. The van der Waals surface area contributed by atoms with Gasteiger partial charge in [-0.05, 0) is 17.7 Å². The lowest BCUT2D eigenvalue weighted by atomic mass is 10.1. The Bertz CT molecular complexity index is 1460. The Hall–Kier alpha value is -4.33. The number of anilines is 2. The molecule has 8 nitrogen and oxygen atoms in total. The molecule has 0 saturated carbocycles. The quantitative estimate of drug-likeness (QED) is 0.444. The van der Waals surface area contributed by atoms with Crippen molar-refractivity contribution in [1.29, 1.82) is 0 Å². The van der Waals surface area contributed by atoms with Crippen LogP contribution in [0.15, 0.2) is 74.7 Å². The number of hydrogen-bond acceptors (Lipinski definition) is 5. The number of furan rings is 1. The number of carbonyl (C=O) groups excluding carboxylic acids is 1. The Morgan fingerprint density at radius 2 is 1.82 bits per heavy atom. The van der Waals surface area contributed by atoms with E-state index in [2.05, 4.69) is 4.98 Å². The van der Waals surface area contributed by atoms with Crippen LogP contribution in [0, 0.1) is 0 Å². The average molecular weight is 444 g/mol. The summed E-state index contributed by atoms with van der Waals surface area (Å²) in [6, 6.07) is 16.8. The summed E-state index contributed by atoms with van der Waals surface area (Å²) in [6.45, 7) is 2.13. The molecular formula is C25H24N4O4. The van der Waals surface area contributed by atoms with Crippen molar-refractivity contribution in [2.45, 2.75) is 19.9 Å². The van der Waals surface area contributed by atoms with Crippen molar-refractivity contribution in [3.63, 3.8) is 0 Å². The van der Waals surface area contributed by atoms with Crippen LogP contribution in [0.3, 0.4) is 0 Å². The summed E-state index contributed by atoms with van der Waals surface area (Å²) in [4.78, 5) is 41.3. The molecule has 0 atom stereocenters. The van der Waals surface area contributed by atoms with Gasteiger partial charge in [0.05, 0.1) is 6.54 Å². The van der Waals surface area contributed by atoms with Crippen molar-refractivity contribution in [3.8, 4) is 0 Å². The Morgan fingerprint density at radius 3 is 2.55 bits per heavy atom. The van der Waals surface area contributed by atoms with Gasteiger partial charge in [0.2, 0.25) is 0 Å². The average Bonchev–Trinajstić information content (AvgIpc) is 3.18. The van der Waals surface area contributed by atoms with Gasteiger partial charge in [-0.1, -0.05) is 55.5 Å². The molecule has 2 aromatic heterocycles. The fraction of sp³-hybridized carbons (Fsp3) is 0.160. The standard InChI is InChI=1S/C25H24N4O4/c1-3-19-18(17-11-7-8-12-20(17)33-19)13-14-21(30)28(2)22-23(26)29(25(32)27-24(22)31)15-16-9-5-4-6-10-16/h4-14H,3,15,26H2,1-2H3,(H,27,31,32). The first-order valence-electron chi connectivity index (χ1n) is 10.5. The number of amides is 1. The molecule has 0 spiro atoms. The lowest BCUT2D eigenvalue weighted by Crippen LogP contribution is -2.39. The molecule has 4 aromatic rings. The molecule has 33 heavy (non-hydrogen) atoms. The number of nitrogens with two attached hydrogens (primary N) is 1. The van der Waals surface area contributed by atoms with Crippen molar-refractivity contribution in [1.82, 2.24) is 9.55 Å². The molecule has 0 saturated heterocycles. The summed E-state index contributed by atoms with van der Waals surface area (Å²) < 4.78 is 7.09. The van der Waals surface area contributed by atoms with E-state index in [1.54, 1.807) is 6.08 Å². The van der Waals surface area contributed by atoms with E-state index in [1.165, 1.54) is 17.7 Å². The van der Waals surface area contributed by atoms with Gasteiger partial charge in [-0.2, -0.15) is 0 Å². The van der Waals surface area contributed by atoms with Gasteiger partial charge in [0.1, 0.15) is 17.2 Å². The van der Waals surface area contributed by atoms with Crippen LogP contribution in [-0.2, 0) is 17.8 Å². The van der Waals surface area contributed by atoms with Crippen molar-refractivity contribution in [3.05, 3.63) is 98.4 Å². The summed E-state index contributed by atoms with van der Waals surface area (Å²) >= 11 is 0. The zero-order valence-electron chi connectivity index (χ0n) is 18.4. The number of nitrogens with one attached hydrogen (secondary N) is 1. The third-order valence-electron chi connectivity index (χ3n) is 5.49. The Kier molecular flexibility index (Phi) is 5.99. The molecule has 0 aliphatic heterocycles. The van der Waals surface area contributed by atoms with Crippen molar-refractivity contribution < 1.29 is 9.21 Å². The second kappa shape index (κ2) is 9.04. The van der Waals surface area contributed by atoms with Crippen LogP contribution >= 0.6 is 0 Å². The van der Waals surface area contributed by atoms with E-state index in [-0.39, 0.29) is 18.1 Å². The van der Waals surface area contributed by atoms with Crippen molar-refractivity contribution >= 4 is 34.5 Å². The zero-order chi connectivity index (χ0) is 23.5. The number of H-pyrrole nitrogens is 1. The predicted molar refractivity (Wildman–Crippen MR) is 129 cm³/mol. The van der Waals surface area contributed by atoms with Crippen LogP contribution in [0.4, 0.5) is 11.5 Å². The Labute approximate surface area is 189 Å². The fourth-order valence-electron chi connectivity index (χ4n) is 3.76. The molecule has 3 N–H and O–H groups in total. The third kappa shape index (κ3) is 4.23. The summed E-state index contributed by atoms with van der Waals surface area (Å²) in [5.41, 5.74) is 7.12. The maximum atomic E-state index is 12.9. The highest BCUT2D eigenvalue weighted by atomic mass is 16.3. The van der Waals surface area contributed by atoms with Gasteiger partial charge in [-0.3, -0.25) is 19.1 Å². The number of fused-ring (bicyclic) bond motifs is 1. The first kappa shape index (κ1) is 21.9. The number of likely N-dealkylation sites (N-methyl/N-ethyl adjacent to an activating group) is 1. The highest BCUT2D eigenvalue weighted by Crippen LogP contribution is 2.27. The minimum Gasteiger partial charge on any atom is -0.460 e. The van der Waals surface area contributed by atoms with Gasteiger partial charge in [0.15, 0.2) is 5.69 Å². The van der Waals surface area contributed by atoms with Crippen LogP contribution in [0.1, 0.15) is 23.8 Å². The number of aromatic amines is 1. The number of nitrogen functional groups attached to an aromatic ring is 1. The van der Waals surface area contributed by atoms with E-state index in [4.69, 9.17) is 10.2 Å². The van der Waals surface area contributed by atoms with Gasteiger partial charge in [-0.15, -0.1) is 0 Å². The largest absolute Gasteiger partial charge is 0.460 e. The number of aromatic nitrogens is 2. The summed E-state index contributed by atoms with van der Waals surface area (Å²) in [6.07, 6.45) is 3.70. The van der Waals surface area contributed by atoms with Crippen LogP contribution in [0.25, 0.3) is 17.0 Å². The summed E-state index contributed by atoms with van der Waals surface area (Å²) in [5, 5.41) is 0.898. The van der Waals surface area contributed by atoms with Gasteiger partial charge >= 0.3 is 5.69 Å². The number of hydrogen-bond donors (Lipinski definition) is 2. The molecule has 0 fully saturated rings. The second-order valence-corrected chi connectivity index (χ2v) is 7.58. The smallest absolute Gasteiger partial charge is 0.330 e. The molecule has 0 aliphatic carbocycles. The summed E-state index contributed by atoms with van der Waals surface area (Å²) in [7, 11) is 1.44. The normalized spacial score (nSPS) is 11.3. The predicted octanol–water partition coefficient (Wildman–Crippen LogP) is 3.15. The number of nitrogens with zero attached hydrogens (tertiary/aromatic N) is 2. The molecule has 8 heteroatoms. The van der Waals surface area contributed by atoms with Crippen molar-refractivity contribution in [2.75, 3.05) is 17.7 Å². The molecule has 1 amide bonds. The molecule has 168 valence electrons. The van der Waals surface area contributed by atoms with Crippen LogP contribution in [0.2, 0.25) is 0 Å². The van der Waals surface area contributed by atoms with Gasteiger partial charge < -0.3 is 15.1 Å². The zero-order valence-corrected chi connectivity index (χ0v) is 18.4. The molecule has 0 bridgehead atoms. The highest BCUT2D eigenvalue weighted by Gasteiger charge is 2.20. The maximum Gasteiger partial charge on any atom is 0.330 e. The molecule has 0 aliphatic rings. The summed E-state index contributed by atoms with van der Waals surface area (Å²) in [5.74, 6) is 0.209. The van der Waals surface area contributed by atoms with Crippen LogP contribution in [-0.4, -0.2) is 22.5 Å². The molecule has 0 unspecified atom stereocenters. The fourth-order valence-corrected chi connectivity index (χ4v) is 3.76. The molecule has 4 rings (SSSR count). The lowest BCUT2D eigenvalue weighted by Gasteiger charge is -2.19. The van der Waals surface area contributed by atoms with E-state index >= 15 is 0 Å². The first-order chi connectivity index (χ1) is 15.9. The number of benzene rings is 2. The van der Waals surface area contributed by atoms with E-state index < -0.39 is 17.2 Å². The van der Waals surface area contributed by atoms with E-state index in [1.807, 2.05) is 61.5 Å². The molecule has 2 heterocycles. The van der Waals surface area contributed by atoms with Crippen molar-refractivity contribution in [2.24, 2.45) is 0 Å². The van der Waals surface area contributed by atoms with E-state index in [0.717, 1.165) is 32.8 Å². The maximum absolute atomic E-state index is 12.9. The van der Waals surface area contributed by atoms with E-state index in [0.29, 0.717) is 6.42 Å². The first-order valence-corrected chi connectivity index (χ1v) is 10.5. The Morgan fingerprint density at radius 1 is 1.12 bits per heavy atom. The monoisotopic (exact) mass is 444 g/mol. The second-order valence-electron chi connectivity index (χ2n) is 7.58. The molecule has 0 radical (unpaired) electrons. The third-order valence-corrected chi connectivity index (χ3v) is 5.49. The molecule has 2 aromatic carbocycles. The van der Waals surface area contributed by atoms with Crippen LogP contribution in [0.5, 0.6) is 0 Å². The Balaban J connectivity index is 1.68. The topological polar surface area (TPSA) is 114 Å². The highest BCUT2D eigenvalue weighted by molar-refractivity contribution is 6.05. The van der Waals surface area contributed by atoms with Gasteiger partial charge in [0, 0.05) is 30.5 Å².